The zero-order valence-corrected chi connectivity index (χ0v) is 14.5. The average molecular weight is 427 g/mol. The minimum absolute atomic E-state index is 0.0463. The van der Waals surface area contributed by atoms with Crippen molar-refractivity contribution in [3.63, 3.8) is 0 Å². The van der Waals surface area contributed by atoms with Crippen molar-refractivity contribution in [2.45, 2.75) is 6.92 Å². The predicted molar refractivity (Wildman–Crippen MR) is 91.8 cm³/mol. The molecule has 0 aliphatic heterocycles. The number of phenols is 1. The van der Waals surface area contributed by atoms with Gasteiger partial charge in [-0.15, -0.1) is 0 Å². The number of fused-ring (bicyclic) bond motifs is 1. The number of H-pyrrole nitrogens is 1. The average Bonchev–Trinajstić information content (AvgIpc) is 2.49. The van der Waals surface area contributed by atoms with Gasteiger partial charge < -0.3 is 10.1 Å². The standard InChI is InChI=1S/C16H10Br2FNO2/c1-7-14-9(6-10(17)15(7)21)12(13(18)16(22)20-14)8-4-2-3-5-11(8)19/h2-6,21H,1H3,(H,20,22). The summed E-state index contributed by atoms with van der Waals surface area (Å²) in [4.78, 5) is 14.9. The van der Waals surface area contributed by atoms with Gasteiger partial charge in [0.1, 0.15) is 11.6 Å². The highest BCUT2D eigenvalue weighted by atomic mass is 79.9. The first-order valence-electron chi connectivity index (χ1n) is 6.40. The molecule has 1 aromatic heterocycles. The molecule has 0 aliphatic carbocycles. The summed E-state index contributed by atoms with van der Waals surface area (Å²) in [6.45, 7) is 1.69. The minimum Gasteiger partial charge on any atom is -0.506 e. The van der Waals surface area contributed by atoms with E-state index in [1.165, 1.54) is 6.07 Å². The van der Waals surface area contributed by atoms with Gasteiger partial charge in [-0.1, -0.05) is 18.2 Å². The SMILES string of the molecule is Cc1c(O)c(Br)cc2c(-c3ccccc3F)c(Br)c(=O)[nH]c12. The maximum Gasteiger partial charge on any atom is 0.263 e. The molecule has 6 heteroatoms. The Labute approximate surface area is 142 Å². The number of aromatic nitrogens is 1. The fourth-order valence-electron chi connectivity index (χ4n) is 2.45. The molecule has 0 unspecified atom stereocenters. The monoisotopic (exact) mass is 425 g/mol. The number of aromatic hydroxyl groups is 1. The van der Waals surface area contributed by atoms with Crippen molar-refractivity contribution in [2.75, 3.05) is 0 Å². The molecule has 2 aromatic carbocycles. The zero-order valence-electron chi connectivity index (χ0n) is 11.4. The topological polar surface area (TPSA) is 53.1 Å². The van der Waals surface area contributed by atoms with E-state index >= 15 is 0 Å². The Morgan fingerprint density at radius 3 is 2.59 bits per heavy atom. The summed E-state index contributed by atoms with van der Waals surface area (Å²) in [5, 5.41) is 10.7. The van der Waals surface area contributed by atoms with Crippen LogP contribution in [0.15, 0.2) is 44.1 Å². The molecule has 0 fully saturated rings. The van der Waals surface area contributed by atoms with Crippen LogP contribution in [-0.4, -0.2) is 10.1 Å². The highest BCUT2D eigenvalue weighted by molar-refractivity contribution is 9.11. The van der Waals surface area contributed by atoms with Crippen molar-refractivity contribution in [3.05, 3.63) is 61.0 Å². The minimum atomic E-state index is -0.419. The van der Waals surface area contributed by atoms with Gasteiger partial charge in [-0.05, 0) is 50.9 Å². The van der Waals surface area contributed by atoms with Crippen LogP contribution in [0.5, 0.6) is 5.75 Å². The van der Waals surface area contributed by atoms with E-state index < -0.39 is 5.82 Å². The van der Waals surface area contributed by atoms with Crippen molar-refractivity contribution >= 4 is 42.8 Å². The second kappa shape index (κ2) is 5.52. The Kier molecular flexibility index (Phi) is 3.82. The molecule has 0 radical (unpaired) electrons. The molecule has 0 bridgehead atoms. The first-order valence-corrected chi connectivity index (χ1v) is 7.99. The predicted octanol–water partition coefficient (Wildman–Crippen LogP) is 4.87. The van der Waals surface area contributed by atoms with Gasteiger partial charge in [0, 0.05) is 22.1 Å². The summed E-state index contributed by atoms with van der Waals surface area (Å²) >= 11 is 6.54. The number of rotatable bonds is 1. The van der Waals surface area contributed by atoms with Gasteiger partial charge in [-0.3, -0.25) is 4.79 Å². The molecule has 0 saturated heterocycles. The summed E-state index contributed by atoms with van der Waals surface area (Å²) in [5.41, 5.74) is 1.40. The fourth-order valence-corrected chi connectivity index (χ4v) is 3.51. The van der Waals surface area contributed by atoms with E-state index in [2.05, 4.69) is 36.8 Å². The molecule has 0 amide bonds. The van der Waals surface area contributed by atoms with Crippen LogP contribution in [0.1, 0.15) is 5.56 Å². The number of benzene rings is 2. The summed E-state index contributed by atoms with van der Waals surface area (Å²) in [6.07, 6.45) is 0. The fraction of sp³-hybridized carbons (Fsp3) is 0.0625. The van der Waals surface area contributed by atoms with Crippen molar-refractivity contribution in [2.24, 2.45) is 0 Å². The summed E-state index contributed by atoms with van der Waals surface area (Å²) in [6, 6.07) is 7.93. The third kappa shape index (κ3) is 2.27. The van der Waals surface area contributed by atoms with Crippen LogP contribution in [0.2, 0.25) is 0 Å². The molecule has 2 N–H and O–H groups in total. The lowest BCUT2D eigenvalue weighted by Crippen LogP contribution is -2.10. The lowest BCUT2D eigenvalue weighted by Gasteiger charge is -2.13. The first-order chi connectivity index (χ1) is 10.4. The summed E-state index contributed by atoms with van der Waals surface area (Å²) in [7, 11) is 0. The summed E-state index contributed by atoms with van der Waals surface area (Å²) in [5.74, 6) is -0.373. The van der Waals surface area contributed by atoms with Gasteiger partial charge in [0.25, 0.3) is 5.56 Å². The quantitative estimate of drug-likeness (QED) is 0.583. The van der Waals surface area contributed by atoms with Crippen LogP contribution in [-0.2, 0) is 0 Å². The maximum atomic E-state index is 14.2. The second-order valence-electron chi connectivity index (χ2n) is 4.88. The van der Waals surface area contributed by atoms with E-state index in [1.807, 2.05) is 0 Å². The third-order valence-corrected chi connectivity index (χ3v) is 4.93. The van der Waals surface area contributed by atoms with Gasteiger partial charge in [0.15, 0.2) is 0 Å². The largest absolute Gasteiger partial charge is 0.506 e. The van der Waals surface area contributed by atoms with E-state index in [0.29, 0.717) is 32.1 Å². The number of nitrogens with one attached hydrogen (secondary N) is 1. The van der Waals surface area contributed by atoms with Gasteiger partial charge in [-0.2, -0.15) is 0 Å². The summed E-state index contributed by atoms with van der Waals surface area (Å²) < 4.78 is 14.9. The normalized spacial score (nSPS) is 11.1. The Bertz CT molecular complexity index is 966. The van der Waals surface area contributed by atoms with Crippen molar-refractivity contribution in [1.82, 2.24) is 4.98 Å². The van der Waals surface area contributed by atoms with E-state index in [4.69, 9.17) is 0 Å². The Hall–Kier alpha value is -1.66. The zero-order chi connectivity index (χ0) is 16.0. The van der Waals surface area contributed by atoms with Gasteiger partial charge >= 0.3 is 0 Å². The number of hydrogen-bond acceptors (Lipinski definition) is 2. The maximum absolute atomic E-state index is 14.2. The third-order valence-electron chi connectivity index (χ3n) is 3.57. The molecule has 0 aliphatic rings. The van der Waals surface area contributed by atoms with Gasteiger partial charge in [0.05, 0.1) is 14.5 Å². The van der Waals surface area contributed by atoms with E-state index in [-0.39, 0.29) is 15.8 Å². The molecule has 3 aromatic rings. The molecule has 3 nitrogen and oxygen atoms in total. The Balaban J connectivity index is 2.57. The van der Waals surface area contributed by atoms with Crippen LogP contribution >= 0.6 is 31.9 Å². The Morgan fingerprint density at radius 2 is 1.91 bits per heavy atom. The molecule has 0 saturated carbocycles. The molecule has 112 valence electrons. The van der Waals surface area contributed by atoms with Crippen molar-refractivity contribution in [1.29, 1.82) is 0 Å². The molecular weight excluding hydrogens is 417 g/mol. The van der Waals surface area contributed by atoms with Crippen LogP contribution < -0.4 is 5.56 Å². The number of halogens is 3. The molecule has 3 rings (SSSR count). The van der Waals surface area contributed by atoms with Gasteiger partial charge in [0.2, 0.25) is 0 Å². The first kappa shape index (κ1) is 15.2. The van der Waals surface area contributed by atoms with Crippen molar-refractivity contribution in [3.8, 4) is 16.9 Å². The van der Waals surface area contributed by atoms with E-state index in [0.717, 1.165) is 0 Å². The number of hydrogen-bond donors (Lipinski definition) is 2. The lowest BCUT2D eigenvalue weighted by molar-refractivity contribution is 0.468. The molecular formula is C16H10Br2FNO2. The van der Waals surface area contributed by atoms with Crippen LogP contribution in [0.4, 0.5) is 4.39 Å². The molecule has 0 spiro atoms. The van der Waals surface area contributed by atoms with Crippen LogP contribution in [0.3, 0.4) is 0 Å². The smallest absolute Gasteiger partial charge is 0.263 e. The number of aromatic amines is 1. The van der Waals surface area contributed by atoms with E-state index in [9.17, 15) is 14.3 Å². The molecule has 0 atom stereocenters. The molecule has 22 heavy (non-hydrogen) atoms. The number of phenolic OH excluding ortho intramolecular Hbond substituents is 1. The van der Waals surface area contributed by atoms with Crippen LogP contribution in [0, 0.1) is 12.7 Å². The second-order valence-corrected chi connectivity index (χ2v) is 6.52. The lowest BCUT2D eigenvalue weighted by atomic mass is 9.99. The number of pyridine rings is 1. The van der Waals surface area contributed by atoms with Gasteiger partial charge in [-0.25, -0.2) is 4.39 Å². The van der Waals surface area contributed by atoms with Crippen molar-refractivity contribution < 1.29 is 9.50 Å². The molecule has 1 heterocycles. The Morgan fingerprint density at radius 1 is 1.23 bits per heavy atom. The highest BCUT2D eigenvalue weighted by Gasteiger charge is 2.18. The highest BCUT2D eigenvalue weighted by Crippen LogP contribution is 2.40. The van der Waals surface area contributed by atoms with E-state index in [1.54, 1.807) is 31.2 Å². The number of aryl methyl sites for hydroxylation is 1. The van der Waals surface area contributed by atoms with Crippen LogP contribution in [0.25, 0.3) is 22.0 Å².